The third-order valence-corrected chi connectivity index (χ3v) is 4.87. The SMILES string of the molecule is Cc1cc(C(=O)COC(=O)C2CCCN2C(=O)OC(C)(C)C)ccc1Br. The molecule has 1 unspecified atom stereocenters. The molecule has 1 aromatic rings. The summed E-state index contributed by atoms with van der Waals surface area (Å²) in [7, 11) is 0. The maximum Gasteiger partial charge on any atom is 0.411 e. The van der Waals surface area contributed by atoms with E-state index in [0.29, 0.717) is 24.9 Å². The molecule has 26 heavy (non-hydrogen) atoms. The minimum absolute atomic E-state index is 0.282. The Bertz CT molecular complexity index is 710. The Morgan fingerprint density at radius 1 is 1.27 bits per heavy atom. The van der Waals surface area contributed by atoms with Gasteiger partial charge in [0.2, 0.25) is 0 Å². The van der Waals surface area contributed by atoms with Crippen molar-refractivity contribution in [3.63, 3.8) is 0 Å². The van der Waals surface area contributed by atoms with Gasteiger partial charge in [-0.15, -0.1) is 0 Å². The van der Waals surface area contributed by atoms with Gasteiger partial charge in [0.1, 0.15) is 11.6 Å². The number of aryl methyl sites for hydroxylation is 1. The maximum atomic E-state index is 12.4. The van der Waals surface area contributed by atoms with Crippen molar-refractivity contribution in [1.29, 1.82) is 0 Å². The summed E-state index contributed by atoms with van der Waals surface area (Å²) in [6.07, 6.45) is 0.662. The number of likely N-dealkylation sites (tertiary alicyclic amines) is 1. The van der Waals surface area contributed by atoms with Crippen molar-refractivity contribution >= 4 is 33.8 Å². The van der Waals surface area contributed by atoms with Gasteiger partial charge in [-0.3, -0.25) is 9.69 Å². The van der Waals surface area contributed by atoms with Crippen molar-refractivity contribution in [3.8, 4) is 0 Å². The lowest BCUT2D eigenvalue weighted by Gasteiger charge is -2.27. The fourth-order valence-electron chi connectivity index (χ4n) is 2.69. The number of esters is 1. The van der Waals surface area contributed by atoms with Crippen LogP contribution in [0.5, 0.6) is 0 Å². The number of ether oxygens (including phenoxy) is 2. The fourth-order valence-corrected chi connectivity index (χ4v) is 2.93. The molecule has 1 atom stereocenters. The lowest BCUT2D eigenvalue weighted by molar-refractivity contribution is -0.147. The zero-order valence-corrected chi connectivity index (χ0v) is 17.1. The molecule has 0 bridgehead atoms. The highest BCUT2D eigenvalue weighted by molar-refractivity contribution is 9.10. The van der Waals surface area contributed by atoms with E-state index < -0.39 is 23.7 Å². The molecule has 1 aromatic carbocycles. The molecule has 1 aliphatic heterocycles. The summed E-state index contributed by atoms with van der Waals surface area (Å²) in [4.78, 5) is 38.2. The highest BCUT2D eigenvalue weighted by Gasteiger charge is 2.37. The number of Topliss-reactive ketones (excluding diaryl/α,β-unsaturated/α-hetero) is 1. The topological polar surface area (TPSA) is 72.9 Å². The number of carbonyl (C=O) groups is 3. The Balaban J connectivity index is 1.94. The van der Waals surface area contributed by atoms with E-state index in [1.54, 1.807) is 39.0 Å². The number of amides is 1. The van der Waals surface area contributed by atoms with Crippen molar-refractivity contribution in [2.24, 2.45) is 0 Å². The first-order valence-electron chi connectivity index (χ1n) is 8.54. The van der Waals surface area contributed by atoms with E-state index in [-0.39, 0.29) is 12.4 Å². The number of hydrogen-bond acceptors (Lipinski definition) is 5. The van der Waals surface area contributed by atoms with E-state index in [0.717, 1.165) is 10.0 Å². The molecule has 0 aliphatic carbocycles. The molecule has 6 nitrogen and oxygen atoms in total. The minimum Gasteiger partial charge on any atom is -0.456 e. The van der Waals surface area contributed by atoms with Crippen molar-refractivity contribution in [2.75, 3.05) is 13.2 Å². The number of halogens is 1. The molecule has 7 heteroatoms. The molecular formula is C19H24BrNO5. The Labute approximate surface area is 162 Å². The quantitative estimate of drug-likeness (QED) is 0.540. The van der Waals surface area contributed by atoms with Crippen molar-refractivity contribution in [1.82, 2.24) is 4.90 Å². The molecule has 142 valence electrons. The molecule has 1 heterocycles. The largest absolute Gasteiger partial charge is 0.456 e. The van der Waals surface area contributed by atoms with Gasteiger partial charge in [0.15, 0.2) is 12.4 Å². The Hall–Kier alpha value is -1.89. The predicted octanol–water partition coefficient (Wildman–Crippen LogP) is 3.88. The van der Waals surface area contributed by atoms with Crippen LogP contribution in [0.15, 0.2) is 22.7 Å². The van der Waals surface area contributed by atoms with E-state index in [9.17, 15) is 14.4 Å². The van der Waals surface area contributed by atoms with Crippen LogP contribution in [0.2, 0.25) is 0 Å². The van der Waals surface area contributed by atoms with Crippen LogP contribution < -0.4 is 0 Å². The third kappa shape index (κ3) is 5.30. The van der Waals surface area contributed by atoms with E-state index >= 15 is 0 Å². The molecule has 1 saturated heterocycles. The Morgan fingerprint density at radius 2 is 1.96 bits per heavy atom. The first-order valence-corrected chi connectivity index (χ1v) is 9.33. The Kier molecular flexibility index (Phi) is 6.44. The fraction of sp³-hybridized carbons (Fsp3) is 0.526. The molecule has 2 rings (SSSR count). The average Bonchev–Trinajstić information content (AvgIpc) is 3.03. The van der Waals surface area contributed by atoms with Crippen LogP contribution in [0.4, 0.5) is 4.79 Å². The monoisotopic (exact) mass is 425 g/mol. The number of ketones is 1. The molecule has 1 aliphatic rings. The molecule has 1 amide bonds. The van der Waals surface area contributed by atoms with Gasteiger partial charge in [-0.1, -0.05) is 22.0 Å². The number of carbonyl (C=O) groups excluding carboxylic acids is 3. The highest BCUT2D eigenvalue weighted by Crippen LogP contribution is 2.22. The second-order valence-corrected chi connectivity index (χ2v) is 8.18. The van der Waals surface area contributed by atoms with Crippen LogP contribution >= 0.6 is 15.9 Å². The van der Waals surface area contributed by atoms with Crippen LogP contribution in [-0.2, 0) is 14.3 Å². The second-order valence-electron chi connectivity index (χ2n) is 7.33. The Morgan fingerprint density at radius 3 is 2.58 bits per heavy atom. The molecule has 0 N–H and O–H groups in total. The van der Waals surface area contributed by atoms with Crippen molar-refractivity contribution < 1.29 is 23.9 Å². The molecule has 1 fully saturated rings. The smallest absolute Gasteiger partial charge is 0.411 e. The van der Waals surface area contributed by atoms with Gasteiger partial charge in [0.25, 0.3) is 0 Å². The molecule has 0 radical (unpaired) electrons. The second kappa shape index (κ2) is 8.20. The van der Waals surface area contributed by atoms with E-state index in [4.69, 9.17) is 9.47 Å². The van der Waals surface area contributed by atoms with E-state index in [2.05, 4.69) is 15.9 Å². The van der Waals surface area contributed by atoms with Crippen LogP contribution in [0, 0.1) is 6.92 Å². The normalized spacial score (nSPS) is 17.1. The van der Waals surface area contributed by atoms with Gasteiger partial charge in [-0.05, 0) is 58.2 Å². The molecule has 0 saturated carbocycles. The van der Waals surface area contributed by atoms with Gasteiger partial charge < -0.3 is 9.47 Å². The first-order chi connectivity index (χ1) is 12.1. The molecular weight excluding hydrogens is 402 g/mol. The minimum atomic E-state index is -0.704. The van der Waals surface area contributed by atoms with Crippen LogP contribution in [0.1, 0.15) is 49.5 Å². The maximum absolute atomic E-state index is 12.4. The first kappa shape index (κ1) is 20.4. The van der Waals surface area contributed by atoms with Gasteiger partial charge in [-0.2, -0.15) is 0 Å². The summed E-state index contributed by atoms with van der Waals surface area (Å²) in [5.74, 6) is -0.855. The van der Waals surface area contributed by atoms with Crippen LogP contribution in [-0.4, -0.2) is 47.5 Å². The van der Waals surface area contributed by atoms with Gasteiger partial charge >= 0.3 is 12.1 Å². The molecule has 0 spiro atoms. The summed E-state index contributed by atoms with van der Waals surface area (Å²) < 4.78 is 11.4. The summed E-state index contributed by atoms with van der Waals surface area (Å²) >= 11 is 3.38. The summed E-state index contributed by atoms with van der Waals surface area (Å²) in [6, 6.07) is 4.49. The van der Waals surface area contributed by atoms with E-state index in [1.165, 1.54) is 4.90 Å². The average molecular weight is 426 g/mol. The third-order valence-electron chi connectivity index (χ3n) is 3.98. The van der Waals surface area contributed by atoms with Gasteiger partial charge in [0, 0.05) is 16.6 Å². The lowest BCUT2D eigenvalue weighted by atomic mass is 10.1. The van der Waals surface area contributed by atoms with Crippen LogP contribution in [0.25, 0.3) is 0 Å². The van der Waals surface area contributed by atoms with Gasteiger partial charge in [-0.25, -0.2) is 9.59 Å². The van der Waals surface area contributed by atoms with Crippen molar-refractivity contribution in [2.45, 2.75) is 52.2 Å². The van der Waals surface area contributed by atoms with Gasteiger partial charge in [0.05, 0.1) is 0 Å². The van der Waals surface area contributed by atoms with Crippen molar-refractivity contribution in [3.05, 3.63) is 33.8 Å². The molecule has 0 aromatic heterocycles. The summed E-state index contributed by atoms with van der Waals surface area (Å²) in [5.41, 5.74) is 0.770. The number of rotatable bonds is 4. The summed E-state index contributed by atoms with van der Waals surface area (Å²) in [5, 5.41) is 0. The van der Waals surface area contributed by atoms with Crippen LogP contribution in [0.3, 0.4) is 0 Å². The highest BCUT2D eigenvalue weighted by atomic mass is 79.9. The summed E-state index contributed by atoms with van der Waals surface area (Å²) in [6.45, 7) is 7.28. The lowest BCUT2D eigenvalue weighted by Crippen LogP contribution is -2.44. The van der Waals surface area contributed by atoms with E-state index in [1.807, 2.05) is 6.92 Å². The predicted molar refractivity (Wildman–Crippen MR) is 100 cm³/mol. The standard InChI is InChI=1S/C19H24BrNO5/c1-12-10-13(7-8-14(12)20)16(22)11-25-17(23)15-6-5-9-21(15)18(24)26-19(2,3)4/h7-8,10,15H,5-6,9,11H2,1-4H3. The number of nitrogens with zero attached hydrogens (tertiary/aromatic N) is 1. The zero-order valence-electron chi connectivity index (χ0n) is 15.5. The zero-order chi connectivity index (χ0) is 19.5. The number of benzene rings is 1. The number of hydrogen-bond donors (Lipinski definition) is 0.